The number of amides is 1. The van der Waals surface area contributed by atoms with Gasteiger partial charge in [0.15, 0.2) is 0 Å². The van der Waals surface area contributed by atoms with Crippen LogP contribution in [0.25, 0.3) is 10.6 Å². The fourth-order valence-electron chi connectivity index (χ4n) is 3.09. The maximum atomic E-state index is 12.6. The number of rotatable bonds is 4. The highest BCUT2D eigenvalue weighted by Gasteiger charge is 2.25. The second-order valence-electron chi connectivity index (χ2n) is 6.32. The normalized spacial score (nSPS) is 15.3. The Labute approximate surface area is 176 Å². The van der Waals surface area contributed by atoms with Crippen molar-refractivity contribution in [3.8, 4) is 10.6 Å². The molecule has 1 aliphatic rings. The lowest BCUT2D eigenvalue weighted by Crippen LogP contribution is -2.48. The van der Waals surface area contributed by atoms with Crippen LogP contribution >= 0.6 is 45.9 Å². The molecule has 4 rings (SSSR count). The van der Waals surface area contributed by atoms with E-state index in [1.807, 2.05) is 23.1 Å². The molecule has 0 saturated carbocycles. The Bertz CT molecular complexity index is 934. The summed E-state index contributed by atoms with van der Waals surface area (Å²) in [7, 11) is 0. The highest BCUT2D eigenvalue weighted by Crippen LogP contribution is 2.32. The molecular weight excluding hydrogens is 421 g/mol. The molecule has 1 aliphatic heterocycles. The Kier molecular flexibility index (Phi) is 5.80. The monoisotopic (exact) mass is 437 g/mol. The van der Waals surface area contributed by atoms with E-state index in [2.05, 4.69) is 22.4 Å². The SMILES string of the molecule is O=C(c1cc(Cl)sc1Cl)N1CCN(Cc2csc(-c3ccccc3)n2)CC1. The lowest BCUT2D eigenvalue weighted by molar-refractivity contribution is 0.0628. The van der Waals surface area contributed by atoms with Crippen LogP contribution in [0.1, 0.15) is 16.1 Å². The quantitative estimate of drug-likeness (QED) is 0.566. The molecule has 0 aliphatic carbocycles. The summed E-state index contributed by atoms with van der Waals surface area (Å²) in [6, 6.07) is 11.9. The highest BCUT2D eigenvalue weighted by molar-refractivity contribution is 7.20. The van der Waals surface area contributed by atoms with E-state index < -0.39 is 0 Å². The minimum atomic E-state index is -0.0391. The van der Waals surface area contributed by atoms with Crippen molar-refractivity contribution in [1.82, 2.24) is 14.8 Å². The van der Waals surface area contributed by atoms with Crippen LogP contribution in [0.2, 0.25) is 8.67 Å². The van der Waals surface area contributed by atoms with Crippen molar-refractivity contribution in [2.75, 3.05) is 26.2 Å². The zero-order valence-corrected chi connectivity index (χ0v) is 17.5. The number of hydrogen-bond acceptors (Lipinski definition) is 5. The Hall–Kier alpha value is -1.44. The van der Waals surface area contributed by atoms with Gasteiger partial charge in [-0.2, -0.15) is 0 Å². The van der Waals surface area contributed by atoms with Crippen molar-refractivity contribution in [1.29, 1.82) is 0 Å². The summed E-state index contributed by atoms with van der Waals surface area (Å²) in [4.78, 5) is 21.5. The number of carbonyl (C=O) groups excluding carboxylic acids is 1. The fourth-order valence-corrected chi connectivity index (χ4v) is 5.35. The molecule has 0 bridgehead atoms. The summed E-state index contributed by atoms with van der Waals surface area (Å²) in [6.45, 7) is 3.80. The summed E-state index contributed by atoms with van der Waals surface area (Å²) >= 11 is 15.0. The molecule has 1 saturated heterocycles. The molecule has 4 nitrogen and oxygen atoms in total. The molecule has 0 unspecified atom stereocenters. The molecule has 1 fully saturated rings. The van der Waals surface area contributed by atoms with Gasteiger partial charge in [-0.1, -0.05) is 53.5 Å². The number of nitrogens with zero attached hydrogens (tertiary/aromatic N) is 3. The number of aromatic nitrogens is 1. The summed E-state index contributed by atoms with van der Waals surface area (Å²) in [5.41, 5.74) is 2.73. The lowest BCUT2D eigenvalue weighted by Gasteiger charge is -2.34. The van der Waals surface area contributed by atoms with E-state index in [1.54, 1.807) is 17.4 Å². The number of thiazole rings is 1. The summed E-state index contributed by atoms with van der Waals surface area (Å²) in [5, 5.41) is 3.16. The third-order valence-electron chi connectivity index (χ3n) is 4.50. The maximum Gasteiger partial charge on any atom is 0.256 e. The Morgan fingerprint density at radius 3 is 2.52 bits per heavy atom. The second kappa shape index (κ2) is 8.29. The molecule has 0 atom stereocenters. The lowest BCUT2D eigenvalue weighted by atomic mass is 10.2. The van der Waals surface area contributed by atoms with Gasteiger partial charge < -0.3 is 4.90 Å². The van der Waals surface area contributed by atoms with Gasteiger partial charge in [0.05, 0.1) is 15.6 Å². The van der Waals surface area contributed by atoms with Crippen LogP contribution in [-0.4, -0.2) is 46.9 Å². The smallest absolute Gasteiger partial charge is 0.256 e. The van der Waals surface area contributed by atoms with E-state index in [1.165, 1.54) is 11.3 Å². The van der Waals surface area contributed by atoms with Crippen LogP contribution in [0.5, 0.6) is 0 Å². The molecule has 0 spiro atoms. The molecule has 2 aromatic heterocycles. The predicted octanol–water partition coefficient (Wildman–Crippen LogP) is 5.14. The average molecular weight is 438 g/mol. The van der Waals surface area contributed by atoms with Gasteiger partial charge in [-0.25, -0.2) is 4.98 Å². The first-order valence-corrected chi connectivity index (χ1v) is 11.0. The van der Waals surface area contributed by atoms with Crippen LogP contribution in [-0.2, 0) is 6.54 Å². The van der Waals surface area contributed by atoms with Gasteiger partial charge >= 0.3 is 0 Å². The summed E-state index contributed by atoms with van der Waals surface area (Å²) in [5.74, 6) is -0.0391. The second-order valence-corrected chi connectivity index (χ2v) is 9.46. The van der Waals surface area contributed by atoms with Crippen molar-refractivity contribution in [3.63, 3.8) is 0 Å². The minimum Gasteiger partial charge on any atom is -0.336 e. The van der Waals surface area contributed by atoms with E-state index in [0.717, 1.165) is 35.9 Å². The zero-order chi connectivity index (χ0) is 18.8. The van der Waals surface area contributed by atoms with Gasteiger partial charge in [0.1, 0.15) is 9.34 Å². The molecule has 3 aromatic rings. The molecule has 0 radical (unpaired) electrons. The van der Waals surface area contributed by atoms with E-state index in [-0.39, 0.29) is 5.91 Å². The Balaban J connectivity index is 1.34. The van der Waals surface area contributed by atoms with Gasteiger partial charge in [0.25, 0.3) is 5.91 Å². The van der Waals surface area contributed by atoms with Crippen molar-refractivity contribution < 1.29 is 4.79 Å². The molecule has 8 heteroatoms. The molecule has 0 N–H and O–H groups in total. The number of benzene rings is 1. The van der Waals surface area contributed by atoms with Gasteiger partial charge in [-0.05, 0) is 6.07 Å². The third-order valence-corrected chi connectivity index (χ3v) is 6.93. The first-order valence-electron chi connectivity index (χ1n) is 8.56. The highest BCUT2D eigenvalue weighted by atomic mass is 35.5. The standard InChI is InChI=1S/C19H17Cl2N3OS2/c20-16-10-15(17(21)27-16)19(25)24-8-6-23(7-9-24)11-14-12-26-18(22-14)13-4-2-1-3-5-13/h1-5,10,12H,6-9,11H2. The van der Waals surface area contributed by atoms with Crippen molar-refractivity contribution in [2.45, 2.75) is 6.54 Å². The molecule has 3 heterocycles. The molecule has 1 amide bonds. The molecule has 27 heavy (non-hydrogen) atoms. The van der Waals surface area contributed by atoms with Crippen LogP contribution in [0.3, 0.4) is 0 Å². The van der Waals surface area contributed by atoms with Crippen LogP contribution in [0.4, 0.5) is 0 Å². The zero-order valence-electron chi connectivity index (χ0n) is 14.4. The molecular formula is C19H17Cl2N3OS2. The van der Waals surface area contributed by atoms with Crippen LogP contribution in [0, 0.1) is 0 Å². The Morgan fingerprint density at radius 2 is 1.85 bits per heavy atom. The van der Waals surface area contributed by atoms with Gasteiger partial charge in [0.2, 0.25) is 0 Å². The van der Waals surface area contributed by atoms with Crippen LogP contribution in [0.15, 0.2) is 41.8 Å². The molecule has 1 aromatic carbocycles. The minimum absolute atomic E-state index is 0.0391. The summed E-state index contributed by atoms with van der Waals surface area (Å²) in [6.07, 6.45) is 0. The largest absolute Gasteiger partial charge is 0.336 e. The first kappa shape index (κ1) is 18.9. The van der Waals surface area contributed by atoms with E-state index >= 15 is 0 Å². The van der Waals surface area contributed by atoms with Crippen LogP contribution < -0.4 is 0 Å². The van der Waals surface area contributed by atoms with Gasteiger partial charge in [0, 0.05) is 43.7 Å². The average Bonchev–Trinajstić information content (AvgIpc) is 3.28. The Morgan fingerprint density at radius 1 is 1.11 bits per heavy atom. The number of carbonyl (C=O) groups is 1. The van der Waals surface area contributed by atoms with Crippen molar-refractivity contribution in [3.05, 3.63) is 61.7 Å². The number of thiophene rings is 1. The fraction of sp³-hybridized carbons (Fsp3) is 0.263. The van der Waals surface area contributed by atoms with E-state index in [4.69, 9.17) is 28.2 Å². The third kappa shape index (κ3) is 4.36. The van der Waals surface area contributed by atoms with Gasteiger partial charge in [-0.15, -0.1) is 22.7 Å². The van der Waals surface area contributed by atoms with E-state index in [0.29, 0.717) is 27.3 Å². The first-order chi connectivity index (χ1) is 13.1. The topological polar surface area (TPSA) is 36.4 Å². The number of piperazine rings is 1. The number of hydrogen-bond donors (Lipinski definition) is 0. The van der Waals surface area contributed by atoms with E-state index in [9.17, 15) is 4.79 Å². The predicted molar refractivity (Wildman–Crippen MR) is 113 cm³/mol. The van der Waals surface area contributed by atoms with Gasteiger partial charge in [-0.3, -0.25) is 9.69 Å². The molecule has 140 valence electrons. The van der Waals surface area contributed by atoms with Crippen molar-refractivity contribution in [2.24, 2.45) is 0 Å². The van der Waals surface area contributed by atoms with Crippen molar-refractivity contribution >= 4 is 51.8 Å². The summed E-state index contributed by atoms with van der Waals surface area (Å²) < 4.78 is 1.00. The number of halogens is 2. The maximum absolute atomic E-state index is 12.6.